The summed E-state index contributed by atoms with van der Waals surface area (Å²) in [6.45, 7) is 2.72. The Morgan fingerprint density at radius 1 is 1.35 bits per heavy atom. The number of nitrogens with zero attached hydrogens (tertiary/aromatic N) is 5. The highest BCUT2D eigenvalue weighted by atomic mass is 16.5. The number of carbonyl (C=O) groups excluding carboxylic acids is 1. The molecule has 0 unspecified atom stereocenters. The molecule has 0 spiro atoms. The van der Waals surface area contributed by atoms with E-state index in [2.05, 4.69) is 20.4 Å². The number of fused-ring (bicyclic) bond motifs is 1. The van der Waals surface area contributed by atoms with Gasteiger partial charge in [-0.3, -0.25) is 9.48 Å². The Hall–Kier alpha value is -2.48. The fourth-order valence-corrected chi connectivity index (χ4v) is 3.62. The highest BCUT2D eigenvalue weighted by Crippen LogP contribution is 2.23. The van der Waals surface area contributed by atoms with Crippen molar-refractivity contribution in [1.29, 1.82) is 0 Å². The van der Waals surface area contributed by atoms with Gasteiger partial charge in [0.15, 0.2) is 0 Å². The Morgan fingerprint density at radius 3 is 3.00 bits per heavy atom. The van der Waals surface area contributed by atoms with Crippen LogP contribution in [0.3, 0.4) is 0 Å². The Kier molecular flexibility index (Phi) is 4.83. The highest BCUT2D eigenvalue weighted by Gasteiger charge is 2.30. The van der Waals surface area contributed by atoms with Gasteiger partial charge < -0.3 is 15.0 Å². The fraction of sp³-hybridized carbons (Fsp3) is 0.556. The second kappa shape index (κ2) is 7.41. The van der Waals surface area contributed by atoms with E-state index < -0.39 is 0 Å². The minimum atomic E-state index is -0.259. The van der Waals surface area contributed by atoms with Crippen LogP contribution in [0.1, 0.15) is 29.7 Å². The number of anilines is 1. The van der Waals surface area contributed by atoms with Gasteiger partial charge in [0.05, 0.1) is 11.9 Å². The average molecular weight is 356 g/mol. The number of amides is 1. The lowest BCUT2D eigenvalue weighted by molar-refractivity contribution is -0.140. The zero-order valence-corrected chi connectivity index (χ0v) is 15.0. The van der Waals surface area contributed by atoms with E-state index in [4.69, 9.17) is 4.74 Å². The smallest absolute Gasteiger partial charge is 0.251 e. The van der Waals surface area contributed by atoms with Crippen LogP contribution in [0, 0.1) is 0 Å². The summed E-state index contributed by atoms with van der Waals surface area (Å²) in [5, 5.41) is 7.58. The molecule has 2 aliphatic rings. The maximum atomic E-state index is 12.6. The fourth-order valence-electron chi connectivity index (χ4n) is 3.62. The Balaban J connectivity index is 1.44. The van der Waals surface area contributed by atoms with Crippen LogP contribution >= 0.6 is 0 Å². The molecule has 1 atom stereocenters. The summed E-state index contributed by atoms with van der Waals surface area (Å²) in [4.78, 5) is 23.4. The SMILES string of the molecule is Cn1cc(CNc2ncnc3c2CCN(C(=O)[C@H]2CCCO2)CC3)cn1. The number of rotatable bonds is 4. The first-order chi connectivity index (χ1) is 12.7. The van der Waals surface area contributed by atoms with E-state index in [1.165, 1.54) is 0 Å². The quantitative estimate of drug-likeness (QED) is 0.877. The van der Waals surface area contributed by atoms with Gasteiger partial charge in [-0.05, 0) is 19.3 Å². The van der Waals surface area contributed by atoms with Gasteiger partial charge in [-0.1, -0.05) is 0 Å². The Morgan fingerprint density at radius 2 is 2.23 bits per heavy atom. The van der Waals surface area contributed by atoms with Crippen LogP contribution in [0.4, 0.5) is 5.82 Å². The number of aromatic nitrogens is 4. The van der Waals surface area contributed by atoms with E-state index in [1.807, 2.05) is 24.3 Å². The summed E-state index contributed by atoms with van der Waals surface area (Å²) in [7, 11) is 1.90. The van der Waals surface area contributed by atoms with E-state index in [-0.39, 0.29) is 12.0 Å². The third kappa shape index (κ3) is 3.55. The van der Waals surface area contributed by atoms with E-state index in [0.29, 0.717) is 26.2 Å². The van der Waals surface area contributed by atoms with Crippen molar-refractivity contribution in [1.82, 2.24) is 24.6 Å². The highest BCUT2D eigenvalue weighted by molar-refractivity contribution is 5.81. The monoisotopic (exact) mass is 356 g/mol. The predicted molar refractivity (Wildman–Crippen MR) is 95.5 cm³/mol. The van der Waals surface area contributed by atoms with Crippen molar-refractivity contribution in [2.45, 2.75) is 38.3 Å². The van der Waals surface area contributed by atoms with Crippen LogP contribution in [0.2, 0.25) is 0 Å². The van der Waals surface area contributed by atoms with Gasteiger partial charge in [-0.25, -0.2) is 9.97 Å². The molecule has 8 heteroatoms. The molecule has 2 aromatic rings. The average Bonchev–Trinajstić information content (AvgIpc) is 3.27. The standard InChI is InChI=1S/C18H24N6O2/c1-23-11-13(10-22-23)9-19-17-14-4-6-24(7-5-15(14)20-12-21-17)18(25)16-3-2-8-26-16/h10-12,16H,2-9H2,1H3,(H,19,20,21)/t16-/m1/s1. The maximum absolute atomic E-state index is 12.6. The van der Waals surface area contributed by atoms with E-state index in [9.17, 15) is 4.79 Å². The van der Waals surface area contributed by atoms with Crippen LogP contribution in [0.25, 0.3) is 0 Å². The van der Waals surface area contributed by atoms with Gasteiger partial charge in [-0.15, -0.1) is 0 Å². The van der Waals surface area contributed by atoms with Crippen LogP contribution in [0.15, 0.2) is 18.7 Å². The van der Waals surface area contributed by atoms with Crippen molar-refractivity contribution in [3.05, 3.63) is 35.5 Å². The normalized spacial score (nSPS) is 19.9. The van der Waals surface area contributed by atoms with Crippen LogP contribution in [-0.4, -0.2) is 56.4 Å². The first kappa shape index (κ1) is 17.0. The minimum absolute atomic E-state index is 0.119. The molecule has 138 valence electrons. The molecule has 26 heavy (non-hydrogen) atoms. The number of hydrogen-bond donors (Lipinski definition) is 1. The molecule has 1 amide bonds. The van der Waals surface area contributed by atoms with Crippen molar-refractivity contribution < 1.29 is 9.53 Å². The number of aryl methyl sites for hydroxylation is 1. The summed E-state index contributed by atoms with van der Waals surface area (Å²) >= 11 is 0. The molecule has 4 heterocycles. The van der Waals surface area contributed by atoms with Gasteiger partial charge in [0.25, 0.3) is 5.91 Å². The van der Waals surface area contributed by atoms with Crippen molar-refractivity contribution >= 4 is 11.7 Å². The lowest BCUT2D eigenvalue weighted by Crippen LogP contribution is -2.40. The van der Waals surface area contributed by atoms with E-state index >= 15 is 0 Å². The second-order valence-corrected chi connectivity index (χ2v) is 6.85. The minimum Gasteiger partial charge on any atom is -0.368 e. The summed E-state index contributed by atoms with van der Waals surface area (Å²) < 4.78 is 7.34. The molecule has 0 bridgehead atoms. The van der Waals surface area contributed by atoms with Gasteiger partial charge in [-0.2, -0.15) is 5.10 Å². The lowest BCUT2D eigenvalue weighted by atomic mass is 10.1. The van der Waals surface area contributed by atoms with Crippen molar-refractivity contribution in [2.24, 2.45) is 7.05 Å². The number of ether oxygens (including phenoxy) is 1. The molecule has 0 aliphatic carbocycles. The van der Waals surface area contributed by atoms with Crippen molar-refractivity contribution in [3.8, 4) is 0 Å². The maximum Gasteiger partial charge on any atom is 0.251 e. The predicted octanol–water partition coefficient (Wildman–Crippen LogP) is 0.928. The van der Waals surface area contributed by atoms with Crippen LogP contribution in [0.5, 0.6) is 0 Å². The second-order valence-electron chi connectivity index (χ2n) is 6.85. The first-order valence-corrected chi connectivity index (χ1v) is 9.15. The van der Waals surface area contributed by atoms with Gasteiger partial charge in [0.2, 0.25) is 0 Å². The summed E-state index contributed by atoms with van der Waals surface area (Å²) in [6, 6.07) is 0. The van der Waals surface area contributed by atoms with Crippen molar-refractivity contribution in [3.63, 3.8) is 0 Å². The number of hydrogen-bond acceptors (Lipinski definition) is 6. The molecule has 2 aliphatic heterocycles. The zero-order valence-electron chi connectivity index (χ0n) is 15.0. The van der Waals surface area contributed by atoms with Crippen molar-refractivity contribution in [2.75, 3.05) is 25.0 Å². The third-order valence-electron chi connectivity index (χ3n) is 5.02. The topological polar surface area (TPSA) is 85.2 Å². The number of nitrogens with one attached hydrogen (secondary N) is 1. The molecule has 1 N–H and O–H groups in total. The van der Waals surface area contributed by atoms with Gasteiger partial charge in [0, 0.05) is 57.0 Å². The number of carbonyl (C=O) groups is 1. The molecular weight excluding hydrogens is 332 g/mol. The van der Waals surface area contributed by atoms with Gasteiger partial charge in [0.1, 0.15) is 18.2 Å². The molecule has 0 radical (unpaired) electrons. The summed E-state index contributed by atoms with van der Waals surface area (Å²) in [6.07, 6.45) is 8.47. The molecule has 2 aromatic heterocycles. The lowest BCUT2D eigenvalue weighted by Gasteiger charge is -2.23. The Labute approximate surface area is 152 Å². The molecule has 0 saturated carbocycles. The Bertz CT molecular complexity index is 784. The summed E-state index contributed by atoms with van der Waals surface area (Å²) in [5.41, 5.74) is 3.24. The zero-order chi connectivity index (χ0) is 17.9. The molecular formula is C18H24N6O2. The van der Waals surface area contributed by atoms with Crippen LogP contribution < -0.4 is 5.32 Å². The molecule has 8 nitrogen and oxygen atoms in total. The third-order valence-corrected chi connectivity index (χ3v) is 5.02. The van der Waals surface area contributed by atoms with E-state index in [0.717, 1.165) is 48.3 Å². The molecule has 4 rings (SSSR count). The van der Waals surface area contributed by atoms with E-state index in [1.54, 1.807) is 11.0 Å². The summed E-state index contributed by atoms with van der Waals surface area (Å²) in [5.74, 6) is 0.971. The van der Waals surface area contributed by atoms with Gasteiger partial charge >= 0.3 is 0 Å². The molecule has 0 aromatic carbocycles. The van der Waals surface area contributed by atoms with Crippen LogP contribution in [-0.2, 0) is 36.0 Å². The molecule has 1 saturated heterocycles. The molecule has 1 fully saturated rings. The first-order valence-electron chi connectivity index (χ1n) is 9.15. The largest absolute Gasteiger partial charge is 0.368 e.